The molecule has 4 rings (SSSR count). The number of pyridine rings is 1. The Hall–Kier alpha value is -2.14. The number of aliphatic hydroxyl groups excluding tert-OH is 1. The zero-order valence-electron chi connectivity index (χ0n) is 13.7. The molecule has 24 heavy (non-hydrogen) atoms. The number of carbonyl (C=O) groups is 1. The molecule has 126 valence electrons. The Morgan fingerprint density at radius 3 is 2.79 bits per heavy atom. The quantitative estimate of drug-likeness (QED) is 0.732. The van der Waals surface area contributed by atoms with Crippen molar-refractivity contribution in [3.05, 3.63) is 35.9 Å². The van der Waals surface area contributed by atoms with E-state index < -0.39 is 0 Å². The lowest BCUT2D eigenvalue weighted by Gasteiger charge is -2.16. The maximum absolute atomic E-state index is 12.6. The maximum atomic E-state index is 12.6. The van der Waals surface area contributed by atoms with E-state index in [-0.39, 0.29) is 17.9 Å². The first kappa shape index (κ1) is 15.4. The van der Waals surface area contributed by atoms with Crippen molar-refractivity contribution >= 4 is 22.6 Å². The molecule has 0 saturated heterocycles. The van der Waals surface area contributed by atoms with Gasteiger partial charge in [-0.3, -0.25) is 4.79 Å². The third kappa shape index (κ3) is 3.22. The number of nitrogens with one attached hydrogen (secondary N) is 2. The molecule has 0 atom stereocenters. The molecule has 0 aliphatic heterocycles. The number of hydrogen-bond donors (Lipinski definition) is 3. The van der Waals surface area contributed by atoms with Crippen LogP contribution >= 0.6 is 0 Å². The van der Waals surface area contributed by atoms with Gasteiger partial charge in [0.2, 0.25) is 0 Å². The van der Waals surface area contributed by atoms with Gasteiger partial charge in [0.1, 0.15) is 5.82 Å². The normalized spacial score (nSPS) is 18.4. The van der Waals surface area contributed by atoms with Gasteiger partial charge in [0, 0.05) is 24.6 Å². The summed E-state index contributed by atoms with van der Waals surface area (Å²) >= 11 is 0. The molecule has 2 aromatic rings. The second-order valence-electron chi connectivity index (χ2n) is 7.15. The van der Waals surface area contributed by atoms with E-state index >= 15 is 0 Å². The van der Waals surface area contributed by atoms with Crippen LogP contribution in [-0.4, -0.2) is 35.2 Å². The summed E-state index contributed by atoms with van der Waals surface area (Å²) in [5, 5.41) is 16.5. The standard InChI is InChI=1S/C19H23N3O2/c23-10-9-19(7-8-19)12-20-17-11-15(18(24)21-13-5-6-13)14-3-1-2-4-16(14)22-17/h1-4,11,13,23H,5-10,12H2,(H,20,22)(H,21,24). The van der Waals surface area contributed by atoms with E-state index in [4.69, 9.17) is 0 Å². The van der Waals surface area contributed by atoms with Crippen LogP contribution in [0, 0.1) is 5.41 Å². The first-order chi connectivity index (χ1) is 11.7. The number of aliphatic hydroxyl groups is 1. The predicted octanol–water partition coefficient (Wildman–Crippen LogP) is 2.70. The molecule has 1 aromatic heterocycles. The highest BCUT2D eigenvalue weighted by Crippen LogP contribution is 2.48. The zero-order chi connectivity index (χ0) is 16.6. The van der Waals surface area contributed by atoms with Crippen LogP contribution in [0.4, 0.5) is 5.82 Å². The van der Waals surface area contributed by atoms with E-state index in [0.717, 1.165) is 55.4 Å². The van der Waals surface area contributed by atoms with Gasteiger partial charge < -0.3 is 15.7 Å². The summed E-state index contributed by atoms with van der Waals surface area (Å²) in [5.41, 5.74) is 1.72. The smallest absolute Gasteiger partial charge is 0.252 e. The lowest BCUT2D eigenvalue weighted by atomic mass is 10.0. The molecule has 5 nitrogen and oxygen atoms in total. The van der Waals surface area contributed by atoms with Crippen molar-refractivity contribution in [3.63, 3.8) is 0 Å². The molecule has 5 heteroatoms. The van der Waals surface area contributed by atoms with Gasteiger partial charge >= 0.3 is 0 Å². The fraction of sp³-hybridized carbons (Fsp3) is 0.474. The fourth-order valence-electron chi connectivity index (χ4n) is 3.15. The molecule has 0 radical (unpaired) electrons. The Labute approximate surface area is 141 Å². The third-order valence-corrected chi connectivity index (χ3v) is 5.12. The van der Waals surface area contributed by atoms with E-state index in [0.29, 0.717) is 11.6 Å². The van der Waals surface area contributed by atoms with E-state index in [1.807, 2.05) is 30.3 Å². The van der Waals surface area contributed by atoms with Crippen molar-refractivity contribution in [1.29, 1.82) is 0 Å². The van der Waals surface area contributed by atoms with E-state index in [1.54, 1.807) is 0 Å². The highest BCUT2D eigenvalue weighted by atomic mass is 16.3. The molecule has 2 aliphatic rings. The summed E-state index contributed by atoms with van der Waals surface area (Å²) < 4.78 is 0. The Balaban J connectivity index is 1.59. The molecule has 0 bridgehead atoms. The molecule has 2 aliphatic carbocycles. The number of benzene rings is 1. The monoisotopic (exact) mass is 325 g/mol. The van der Waals surface area contributed by atoms with Crippen LogP contribution in [0.5, 0.6) is 0 Å². The van der Waals surface area contributed by atoms with Crippen LogP contribution in [0.25, 0.3) is 10.9 Å². The molecular formula is C19H23N3O2. The van der Waals surface area contributed by atoms with Gasteiger partial charge in [-0.25, -0.2) is 4.98 Å². The molecule has 1 aromatic carbocycles. The van der Waals surface area contributed by atoms with Gasteiger partial charge in [-0.05, 0) is 49.7 Å². The number of hydrogen-bond acceptors (Lipinski definition) is 4. The first-order valence-electron chi connectivity index (χ1n) is 8.75. The highest BCUT2D eigenvalue weighted by Gasteiger charge is 2.41. The van der Waals surface area contributed by atoms with E-state index in [9.17, 15) is 9.90 Å². The minimum absolute atomic E-state index is 0.0179. The van der Waals surface area contributed by atoms with Gasteiger partial charge in [0.05, 0.1) is 11.1 Å². The van der Waals surface area contributed by atoms with Crippen molar-refractivity contribution in [1.82, 2.24) is 10.3 Å². The second kappa shape index (κ2) is 6.06. The molecule has 2 fully saturated rings. The minimum Gasteiger partial charge on any atom is -0.396 e. The fourth-order valence-corrected chi connectivity index (χ4v) is 3.15. The first-order valence-corrected chi connectivity index (χ1v) is 8.75. The summed E-state index contributed by atoms with van der Waals surface area (Å²) in [6.45, 7) is 1.02. The Bertz CT molecular complexity index is 766. The highest BCUT2D eigenvalue weighted by molar-refractivity contribution is 6.07. The predicted molar refractivity (Wildman–Crippen MR) is 94.1 cm³/mol. The van der Waals surface area contributed by atoms with E-state index in [2.05, 4.69) is 15.6 Å². The lowest BCUT2D eigenvalue weighted by molar-refractivity contribution is 0.0952. The summed E-state index contributed by atoms with van der Waals surface area (Å²) in [6.07, 6.45) is 5.25. The summed E-state index contributed by atoms with van der Waals surface area (Å²) in [6, 6.07) is 9.95. The van der Waals surface area contributed by atoms with Gasteiger partial charge in [-0.15, -0.1) is 0 Å². The van der Waals surface area contributed by atoms with Crippen molar-refractivity contribution in [2.75, 3.05) is 18.5 Å². The number of carbonyl (C=O) groups excluding carboxylic acids is 1. The van der Waals surface area contributed by atoms with E-state index in [1.165, 1.54) is 0 Å². The molecule has 1 heterocycles. The number of nitrogens with zero attached hydrogens (tertiary/aromatic N) is 1. The zero-order valence-corrected chi connectivity index (χ0v) is 13.7. The molecule has 0 unspecified atom stereocenters. The molecule has 1 amide bonds. The van der Waals surface area contributed by atoms with Crippen molar-refractivity contribution in [3.8, 4) is 0 Å². The number of anilines is 1. The van der Waals surface area contributed by atoms with Crippen molar-refractivity contribution in [2.45, 2.75) is 38.1 Å². The topological polar surface area (TPSA) is 74.2 Å². The van der Waals surface area contributed by atoms with Crippen molar-refractivity contribution in [2.24, 2.45) is 5.41 Å². The van der Waals surface area contributed by atoms with Crippen LogP contribution < -0.4 is 10.6 Å². The summed E-state index contributed by atoms with van der Waals surface area (Å²) in [7, 11) is 0. The van der Waals surface area contributed by atoms with Crippen LogP contribution in [-0.2, 0) is 0 Å². The third-order valence-electron chi connectivity index (χ3n) is 5.12. The summed E-state index contributed by atoms with van der Waals surface area (Å²) in [4.78, 5) is 17.2. The van der Waals surface area contributed by atoms with Crippen LogP contribution in [0.15, 0.2) is 30.3 Å². The largest absolute Gasteiger partial charge is 0.396 e. The van der Waals surface area contributed by atoms with Gasteiger partial charge in [-0.1, -0.05) is 18.2 Å². The maximum Gasteiger partial charge on any atom is 0.252 e. The second-order valence-corrected chi connectivity index (χ2v) is 7.15. The van der Waals surface area contributed by atoms with Crippen LogP contribution in [0.2, 0.25) is 0 Å². The minimum atomic E-state index is -0.0179. The van der Waals surface area contributed by atoms with Gasteiger partial charge in [0.15, 0.2) is 0 Å². The van der Waals surface area contributed by atoms with Gasteiger partial charge in [-0.2, -0.15) is 0 Å². The van der Waals surface area contributed by atoms with Crippen LogP contribution in [0.3, 0.4) is 0 Å². The Kier molecular flexibility index (Phi) is 3.88. The lowest BCUT2D eigenvalue weighted by Crippen LogP contribution is -2.26. The number of rotatable bonds is 7. The number of para-hydroxylation sites is 1. The average molecular weight is 325 g/mol. The molecule has 2 saturated carbocycles. The number of aromatic nitrogens is 1. The number of fused-ring (bicyclic) bond motifs is 1. The SMILES string of the molecule is O=C(NC1CC1)c1cc(NCC2(CCO)CC2)nc2ccccc12. The Morgan fingerprint density at radius 1 is 1.29 bits per heavy atom. The molecule has 3 N–H and O–H groups in total. The molecular weight excluding hydrogens is 302 g/mol. The van der Waals surface area contributed by atoms with Crippen LogP contribution in [0.1, 0.15) is 42.5 Å². The number of amides is 1. The molecule has 0 spiro atoms. The van der Waals surface area contributed by atoms with Gasteiger partial charge in [0.25, 0.3) is 5.91 Å². The Morgan fingerprint density at radius 2 is 2.08 bits per heavy atom. The summed E-state index contributed by atoms with van der Waals surface area (Å²) in [5.74, 6) is 0.717. The average Bonchev–Trinajstić information content (AvgIpc) is 3.50. The van der Waals surface area contributed by atoms with Crippen molar-refractivity contribution < 1.29 is 9.90 Å².